The van der Waals surface area contributed by atoms with Gasteiger partial charge in [0.25, 0.3) is 0 Å². The van der Waals surface area contributed by atoms with Crippen LogP contribution in [0.5, 0.6) is 17.2 Å². The van der Waals surface area contributed by atoms with Crippen LogP contribution in [0, 0.1) is 16.7 Å². The number of hydrogen-bond acceptors (Lipinski definition) is 6. The summed E-state index contributed by atoms with van der Waals surface area (Å²) in [4.78, 5) is 25.1. The summed E-state index contributed by atoms with van der Waals surface area (Å²) in [5.41, 5.74) is 1.12. The van der Waals surface area contributed by atoms with E-state index in [1.54, 1.807) is 55.5 Å². The maximum atomic E-state index is 12.7. The van der Waals surface area contributed by atoms with Gasteiger partial charge in [-0.05, 0) is 79.4 Å². The van der Waals surface area contributed by atoms with E-state index in [1.165, 1.54) is 51.4 Å². The SMILES string of the molecule is CCCCCCCCCCCOc1ccc(C(=O)Oc2ccc(-c3ccc(OC(=O)C(C)(C#N)CCC)cc3)cc2)cc1. The average molecular weight is 584 g/mol. The Hall–Kier alpha value is -4.11. The Morgan fingerprint density at radius 2 is 1.14 bits per heavy atom. The summed E-state index contributed by atoms with van der Waals surface area (Å²) in [6.45, 7) is 6.45. The van der Waals surface area contributed by atoms with E-state index in [0.29, 0.717) is 36.5 Å². The van der Waals surface area contributed by atoms with E-state index in [4.69, 9.17) is 14.2 Å². The van der Waals surface area contributed by atoms with E-state index in [9.17, 15) is 14.9 Å². The van der Waals surface area contributed by atoms with E-state index in [0.717, 1.165) is 23.3 Å². The highest BCUT2D eigenvalue weighted by Crippen LogP contribution is 2.28. The van der Waals surface area contributed by atoms with Crippen molar-refractivity contribution in [3.63, 3.8) is 0 Å². The maximum absolute atomic E-state index is 12.7. The first-order chi connectivity index (χ1) is 20.9. The van der Waals surface area contributed by atoms with Crippen molar-refractivity contribution < 1.29 is 23.8 Å². The Balaban J connectivity index is 1.42. The van der Waals surface area contributed by atoms with Crippen LogP contribution in [0.2, 0.25) is 0 Å². The van der Waals surface area contributed by atoms with E-state index in [1.807, 2.05) is 31.2 Å². The number of hydrogen-bond donors (Lipinski definition) is 0. The van der Waals surface area contributed by atoms with Crippen LogP contribution in [0.15, 0.2) is 72.8 Å². The topological polar surface area (TPSA) is 85.6 Å². The first-order valence-corrected chi connectivity index (χ1v) is 15.7. The number of esters is 2. The third-order valence-electron chi connectivity index (χ3n) is 7.52. The minimum atomic E-state index is -1.16. The number of nitrogens with zero attached hydrogens (tertiary/aromatic N) is 1. The van der Waals surface area contributed by atoms with Crippen LogP contribution in [0.1, 0.15) is 102 Å². The second-order valence-corrected chi connectivity index (χ2v) is 11.2. The van der Waals surface area contributed by atoms with Gasteiger partial charge < -0.3 is 14.2 Å². The van der Waals surface area contributed by atoms with Gasteiger partial charge in [-0.25, -0.2) is 9.59 Å². The van der Waals surface area contributed by atoms with Gasteiger partial charge in [0.05, 0.1) is 18.2 Å². The molecule has 0 heterocycles. The summed E-state index contributed by atoms with van der Waals surface area (Å²) < 4.78 is 16.8. The molecule has 43 heavy (non-hydrogen) atoms. The molecule has 0 saturated heterocycles. The van der Waals surface area contributed by atoms with Crippen LogP contribution in [-0.4, -0.2) is 18.5 Å². The summed E-state index contributed by atoms with van der Waals surface area (Å²) in [5, 5.41) is 9.40. The van der Waals surface area contributed by atoms with Crippen molar-refractivity contribution in [2.75, 3.05) is 6.61 Å². The molecule has 6 nitrogen and oxygen atoms in total. The molecule has 0 saturated carbocycles. The number of benzene rings is 3. The predicted octanol–water partition coefficient (Wildman–Crippen LogP) is 9.72. The molecule has 3 aromatic rings. The Bertz CT molecular complexity index is 1310. The highest BCUT2D eigenvalue weighted by Gasteiger charge is 2.34. The van der Waals surface area contributed by atoms with Gasteiger partial charge in [-0.3, -0.25) is 0 Å². The van der Waals surface area contributed by atoms with Gasteiger partial charge in [0.1, 0.15) is 17.2 Å². The van der Waals surface area contributed by atoms with Crippen molar-refractivity contribution in [1.82, 2.24) is 0 Å². The fourth-order valence-electron chi connectivity index (χ4n) is 4.81. The van der Waals surface area contributed by atoms with Gasteiger partial charge >= 0.3 is 11.9 Å². The van der Waals surface area contributed by atoms with Crippen molar-refractivity contribution >= 4 is 11.9 Å². The lowest BCUT2D eigenvalue weighted by molar-refractivity contribution is -0.142. The van der Waals surface area contributed by atoms with Gasteiger partial charge in [-0.1, -0.05) is 95.9 Å². The van der Waals surface area contributed by atoms with E-state index in [2.05, 4.69) is 13.0 Å². The quantitative estimate of drug-likeness (QED) is 0.0842. The van der Waals surface area contributed by atoms with Crippen LogP contribution in [0.4, 0.5) is 0 Å². The van der Waals surface area contributed by atoms with Gasteiger partial charge in [-0.15, -0.1) is 0 Å². The lowest BCUT2D eigenvalue weighted by Gasteiger charge is -2.18. The van der Waals surface area contributed by atoms with Gasteiger partial charge in [0, 0.05) is 0 Å². The molecular weight excluding hydrogens is 538 g/mol. The summed E-state index contributed by atoms with van der Waals surface area (Å²) in [7, 11) is 0. The summed E-state index contributed by atoms with van der Waals surface area (Å²) in [5.74, 6) is 0.596. The zero-order valence-electron chi connectivity index (χ0n) is 25.9. The highest BCUT2D eigenvalue weighted by atomic mass is 16.5. The number of nitriles is 1. The molecule has 1 atom stereocenters. The zero-order chi connectivity index (χ0) is 30.9. The standard InChI is InChI=1S/C37H45NO5/c1-4-6-7-8-9-10-11-12-13-27-41-32-20-18-31(19-21-32)35(39)42-33-22-14-29(15-23-33)30-16-24-34(25-17-30)43-36(40)37(3,28-38)26-5-2/h14-25H,4-13,26-27H2,1-3H3. The first-order valence-electron chi connectivity index (χ1n) is 15.7. The molecule has 0 aromatic heterocycles. The minimum Gasteiger partial charge on any atom is -0.494 e. The minimum absolute atomic E-state index is 0.386. The van der Waals surface area contributed by atoms with Crippen LogP contribution < -0.4 is 14.2 Å². The summed E-state index contributed by atoms with van der Waals surface area (Å²) >= 11 is 0. The molecular formula is C37H45NO5. The molecule has 0 radical (unpaired) electrons. The predicted molar refractivity (Wildman–Crippen MR) is 170 cm³/mol. The zero-order valence-corrected chi connectivity index (χ0v) is 25.9. The molecule has 0 amide bonds. The molecule has 0 spiro atoms. The number of carbonyl (C=O) groups excluding carboxylic acids is 2. The van der Waals surface area contributed by atoms with Crippen LogP contribution >= 0.6 is 0 Å². The van der Waals surface area contributed by atoms with E-state index in [-0.39, 0.29) is 0 Å². The van der Waals surface area contributed by atoms with Crippen molar-refractivity contribution in [3.05, 3.63) is 78.4 Å². The monoisotopic (exact) mass is 583 g/mol. The fraction of sp³-hybridized carbons (Fsp3) is 0.432. The molecule has 6 heteroatoms. The second-order valence-electron chi connectivity index (χ2n) is 11.2. The molecule has 0 fully saturated rings. The van der Waals surface area contributed by atoms with Crippen molar-refractivity contribution in [2.24, 2.45) is 5.41 Å². The molecule has 0 aliphatic rings. The fourth-order valence-corrected chi connectivity index (χ4v) is 4.81. The van der Waals surface area contributed by atoms with Crippen molar-refractivity contribution in [1.29, 1.82) is 5.26 Å². The van der Waals surface area contributed by atoms with Gasteiger partial charge in [-0.2, -0.15) is 5.26 Å². The molecule has 0 aliphatic heterocycles. The molecule has 1 unspecified atom stereocenters. The number of ether oxygens (including phenoxy) is 3. The van der Waals surface area contributed by atoms with Crippen molar-refractivity contribution in [2.45, 2.75) is 91.4 Å². The van der Waals surface area contributed by atoms with Crippen molar-refractivity contribution in [3.8, 4) is 34.4 Å². The van der Waals surface area contributed by atoms with Gasteiger partial charge in [0.15, 0.2) is 5.41 Å². The second kappa shape index (κ2) is 17.8. The normalized spacial score (nSPS) is 12.1. The Labute approximate surface area is 257 Å². The van der Waals surface area contributed by atoms with Gasteiger partial charge in [0.2, 0.25) is 0 Å². The molecule has 228 valence electrons. The van der Waals surface area contributed by atoms with Crippen LogP contribution in [-0.2, 0) is 4.79 Å². The van der Waals surface area contributed by atoms with E-state index < -0.39 is 17.4 Å². The largest absolute Gasteiger partial charge is 0.494 e. The number of unbranched alkanes of at least 4 members (excludes halogenated alkanes) is 8. The molecule has 0 bridgehead atoms. The third kappa shape index (κ3) is 10.9. The summed E-state index contributed by atoms with van der Waals surface area (Å²) in [6.07, 6.45) is 12.6. The molecule has 0 N–H and O–H groups in total. The number of rotatable bonds is 18. The van der Waals surface area contributed by atoms with E-state index >= 15 is 0 Å². The smallest absolute Gasteiger partial charge is 0.343 e. The highest BCUT2D eigenvalue weighted by molar-refractivity contribution is 5.91. The average Bonchev–Trinajstić information content (AvgIpc) is 3.03. The maximum Gasteiger partial charge on any atom is 0.343 e. The van der Waals surface area contributed by atoms with Crippen LogP contribution in [0.25, 0.3) is 11.1 Å². The Kier molecular flexibility index (Phi) is 13.8. The lowest BCUT2D eigenvalue weighted by Crippen LogP contribution is -2.30. The summed E-state index contributed by atoms with van der Waals surface area (Å²) in [6, 6.07) is 23.4. The lowest BCUT2D eigenvalue weighted by atomic mass is 9.87. The third-order valence-corrected chi connectivity index (χ3v) is 7.52. The molecule has 0 aliphatic carbocycles. The van der Waals surface area contributed by atoms with Crippen LogP contribution in [0.3, 0.4) is 0 Å². The first kappa shape index (κ1) is 33.4. The Morgan fingerprint density at radius 3 is 1.65 bits per heavy atom. The Morgan fingerprint density at radius 1 is 0.651 bits per heavy atom. The number of carbonyl (C=O) groups is 2. The molecule has 3 rings (SSSR count). The molecule has 3 aromatic carbocycles.